The highest BCUT2D eigenvalue weighted by Crippen LogP contribution is 2.35. The summed E-state index contributed by atoms with van der Waals surface area (Å²) in [6.07, 6.45) is 5.58. The van der Waals surface area contributed by atoms with E-state index in [0.29, 0.717) is 13.2 Å². The number of morpholine rings is 1. The van der Waals surface area contributed by atoms with E-state index < -0.39 is 10.0 Å². The maximum absolute atomic E-state index is 12.4. The Morgan fingerprint density at radius 3 is 2.30 bits per heavy atom. The van der Waals surface area contributed by atoms with Gasteiger partial charge in [0.2, 0.25) is 0 Å². The quantitative estimate of drug-likeness (QED) is 0.571. The SMILES string of the molecule is O=S(=O)(NN=CC1=C(N2CCOCC2)C(=Cc2ccccc2)CC1)c1ccccc1. The van der Waals surface area contributed by atoms with Crippen molar-refractivity contribution >= 4 is 22.3 Å². The molecule has 2 aromatic carbocycles. The van der Waals surface area contributed by atoms with E-state index in [-0.39, 0.29) is 4.90 Å². The van der Waals surface area contributed by atoms with Gasteiger partial charge in [-0.05, 0) is 47.8 Å². The smallest absolute Gasteiger partial charge is 0.276 e. The molecular formula is C23H25N3O3S. The van der Waals surface area contributed by atoms with Crippen molar-refractivity contribution in [3.63, 3.8) is 0 Å². The summed E-state index contributed by atoms with van der Waals surface area (Å²) >= 11 is 0. The summed E-state index contributed by atoms with van der Waals surface area (Å²) in [6.45, 7) is 3.00. The van der Waals surface area contributed by atoms with Gasteiger partial charge in [-0.15, -0.1) is 0 Å². The predicted molar refractivity (Wildman–Crippen MR) is 118 cm³/mol. The van der Waals surface area contributed by atoms with Gasteiger partial charge >= 0.3 is 0 Å². The zero-order chi connectivity index (χ0) is 20.8. The average Bonchev–Trinajstić information content (AvgIpc) is 3.18. The van der Waals surface area contributed by atoms with Crippen molar-refractivity contribution in [1.29, 1.82) is 0 Å². The lowest BCUT2D eigenvalue weighted by molar-refractivity contribution is 0.0548. The Bertz CT molecular complexity index is 1060. The molecule has 30 heavy (non-hydrogen) atoms. The molecule has 1 heterocycles. The van der Waals surface area contributed by atoms with Crippen molar-refractivity contribution in [1.82, 2.24) is 9.73 Å². The molecule has 0 spiro atoms. The van der Waals surface area contributed by atoms with Crippen LogP contribution in [0.4, 0.5) is 0 Å². The molecule has 0 radical (unpaired) electrons. The normalized spacial score (nSPS) is 19.1. The number of ether oxygens (including phenoxy) is 1. The largest absolute Gasteiger partial charge is 0.378 e. The zero-order valence-corrected chi connectivity index (χ0v) is 17.5. The van der Waals surface area contributed by atoms with Crippen molar-refractivity contribution < 1.29 is 13.2 Å². The van der Waals surface area contributed by atoms with Crippen LogP contribution in [-0.4, -0.2) is 45.8 Å². The summed E-state index contributed by atoms with van der Waals surface area (Å²) in [5, 5.41) is 4.08. The third-order valence-corrected chi connectivity index (χ3v) is 6.43. The van der Waals surface area contributed by atoms with Gasteiger partial charge in [-0.3, -0.25) is 0 Å². The van der Waals surface area contributed by atoms with Crippen LogP contribution in [0.15, 0.2) is 87.5 Å². The molecule has 4 rings (SSSR count). The number of sulfonamides is 1. The second-order valence-electron chi connectivity index (χ2n) is 7.22. The van der Waals surface area contributed by atoms with Gasteiger partial charge in [0.15, 0.2) is 0 Å². The number of rotatable bonds is 6. The summed E-state index contributed by atoms with van der Waals surface area (Å²) in [5.74, 6) is 0. The van der Waals surface area contributed by atoms with Crippen LogP contribution in [0, 0.1) is 0 Å². The van der Waals surface area contributed by atoms with Crippen molar-refractivity contribution in [2.45, 2.75) is 17.7 Å². The lowest BCUT2D eigenvalue weighted by atomic mass is 10.1. The summed E-state index contributed by atoms with van der Waals surface area (Å²) in [6, 6.07) is 18.5. The molecule has 1 aliphatic heterocycles. The van der Waals surface area contributed by atoms with E-state index in [0.717, 1.165) is 42.8 Å². The molecule has 0 unspecified atom stereocenters. The summed E-state index contributed by atoms with van der Waals surface area (Å²) in [7, 11) is -3.68. The average molecular weight is 424 g/mol. The van der Waals surface area contributed by atoms with Crippen molar-refractivity contribution in [2.75, 3.05) is 26.3 Å². The number of hydrazone groups is 1. The minimum atomic E-state index is -3.68. The molecule has 2 aromatic rings. The first-order valence-corrected chi connectivity index (χ1v) is 11.5. The fourth-order valence-electron chi connectivity index (χ4n) is 3.75. The highest BCUT2D eigenvalue weighted by molar-refractivity contribution is 7.89. The van der Waals surface area contributed by atoms with Crippen LogP contribution in [0.1, 0.15) is 18.4 Å². The van der Waals surface area contributed by atoms with E-state index >= 15 is 0 Å². The summed E-state index contributed by atoms with van der Waals surface area (Å²) < 4.78 is 30.3. The first kappa shape index (κ1) is 20.4. The van der Waals surface area contributed by atoms with Gasteiger partial charge in [0, 0.05) is 18.8 Å². The Labute approximate surface area is 177 Å². The molecule has 0 saturated carbocycles. The van der Waals surface area contributed by atoms with Crippen LogP contribution in [-0.2, 0) is 14.8 Å². The van der Waals surface area contributed by atoms with Gasteiger partial charge in [-0.2, -0.15) is 13.5 Å². The van der Waals surface area contributed by atoms with Gasteiger partial charge < -0.3 is 9.64 Å². The van der Waals surface area contributed by atoms with E-state index in [1.54, 1.807) is 36.5 Å². The van der Waals surface area contributed by atoms with Crippen LogP contribution in [0.5, 0.6) is 0 Å². The number of benzene rings is 2. The molecule has 1 saturated heterocycles. The van der Waals surface area contributed by atoms with Crippen LogP contribution < -0.4 is 4.83 Å². The second kappa shape index (κ2) is 9.28. The minimum Gasteiger partial charge on any atom is -0.378 e. The van der Waals surface area contributed by atoms with Crippen molar-refractivity contribution in [2.24, 2.45) is 5.10 Å². The second-order valence-corrected chi connectivity index (χ2v) is 8.88. The van der Waals surface area contributed by atoms with Crippen LogP contribution in [0.25, 0.3) is 6.08 Å². The van der Waals surface area contributed by atoms with Gasteiger partial charge in [-0.1, -0.05) is 48.5 Å². The summed E-state index contributed by atoms with van der Waals surface area (Å²) in [5.41, 5.74) is 4.58. The topological polar surface area (TPSA) is 71.0 Å². The third kappa shape index (κ3) is 4.80. The Kier molecular flexibility index (Phi) is 6.30. The lowest BCUT2D eigenvalue weighted by Crippen LogP contribution is -2.36. The molecule has 7 heteroatoms. The number of nitrogens with zero attached hydrogens (tertiary/aromatic N) is 2. The molecule has 0 bridgehead atoms. The molecular weight excluding hydrogens is 398 g/mol. The van der Waals surface area contributed by atoms with Gasteiger partial charge in [0.05, 0.1) is 24.3 Å². The van der Waals surface area contributed by atoms with Gasteiger partial charge in [0.1, 0.15) is 0 Å². The maximum atomic E-state index is 12.4. The first-order chi connectivity index (χ1) is 14.6. The van der Waals surface area contributed by atoms with Crippen molar-refractivity contribution in [3.8, 4) is 0 Å². The van der Waals surface area contributed by atoms with Gasteiger partial charge in [-0.25, -0.2) is 4.83 Å². The zero-order valence-electron chi connectivity index (χ0n) is 16.7. The molecule has 0 amide bonds. The van der Waals surface area contributed by atoms with Crippen LogP contribution in [0.3, 0.4) is 0 Å². The molecule has 156 valence electrons. The fraction of sp³-hybridized carbons (Fsp3) is 0.261. The van der Waals surface area contributed by atoms with Crippen molar-refractivity contribution in [3.05, 3.63) is 83.1 Å². The van der Waals surface area contributed by atoms with Crippen LogP contribution >= 0.6 is 0 Å². The van der Waals surface area contributed by atoms with E-state index in [9.17, 15) is 8.42 Å². The number of hydrogen-bond acceptors (Lipinski definition) is 5. The predicted octanol–water partition coefficient (Wildman–Crippen LogP) is 3.41. The highest BCUT2D eigenvalue weighted by atomic mass is 32.2. The molecule has 1 fully saturated rings. The fourth-order valence-corrected chi connectivity index (χ4v) is 4.56. The molecule has 1 N–H and O–H groups in total. The molecule has 0 aromatic heterocycles. The Balaban J connectivity index is 1.60. The molecule has 1 aliphatic carbocycles. The van der Waals surface area contributed by atoms with E-state index in [1.807, 2.05) is 18.2 Å². The van der Waals surface area contributed by atoms with Crippen LogP contribution in [0.2, 0.25) is 0 Å². The van der Waals surface area contributed by atoms with E-state index in [2.05, 4.69) is 33.0 Å². The van der Waals surface area contributed by atoms with E-state index in [1.165, 1.54) is 5.57 Å². The Morgan fingerprint density at radius 1 is 0.933 bits per heavy atom. The van der Waals surface area contributed by atoms with E-state index in [4.69, 9.17) is 4.74 Å². The first-order valence-electron chi connectivity index (χ1n) is 10.1. The Hall–Kier alpha value is -2.90. The Morgan fingerprint density at radius 2 is 1.60 bits per heavy atom. The molecule has 2 aliphatic rings. The highest BCUT2D eigenvalue weighted by Gasteiger charge is 2.25. The minimum absolute atomic E-state index is 0.195. The molecule has 6 nitrogen and oxygen atoms in total. The monoisotopic (exact) mass is 423 g/mol. The lowest BCUT2D eigenvalue weighted by Gasteiger charge is -2.31. The standard InChI is InChI=1S/C23H25N3O3S/c27-30(28,22-9-5-2-6-10-22)25-24-18-21-12-11-20(17-19-7-3-1-4-8-19)23(21)26-13-15-29-16-14-26/h1-10,17-18,25H,11-16H2. The third-order valence-electron chi connectivity index (χ3n) is 5.19. The molecule has 0 atom stereocenters. The summed E-state index contributed by atoms with van der Waals surface area (Å²) in [4.78, 5) is 4.85. The van der Waals surface area contributed by atoms with Gasteiger partial charge in [0.25, 0.3) is 10.0 Å². The number of hydrogen-bond donors (Lipinski definition) is 1. The number of allylic oxidation sites excluding steroid dienone is 2. The number of nitrogens with one attached hydrogen (secondary N) is 1. The maximum Gasteiger partial charge on any atom is 0.276 e.